The third kappa shape index (κ3) is 2.70. The lowest BCUT2D eigenvalue weighted by molar-refractivity contribution is 0.581. The van der Waals surface area contributed by atoms with Crippen molar-refractivity contribution in [1.82, 2.24) is 4.98 Å². The van der Waals surface area contributed by atoms with E-state index in [0.29, 0.717) is 5.82 Å². The van der Waals surface area contributed by atoms with Gasteiger partial charge in [0.05, 0.1) is 14.6 Å². The van der Waals surface area contributed by atoms with Gasteiger partial charge in [0, 0.05) is 12.3 Å². The Labute approximate surface area is 120 Å². The van der Waals surface area contributed by atoms with Crippen molar-refractivity contribution in [3.63, 3.8) is 0 Å². The predicted octanol–water partition coefficient (Wildman–Crippen LogP) is 4.94. The molecule has 6 heteroatoms. The van der Waals surface area contributed by atoms with E-state index in [1.165, 1.54) is 6.07 Å². The zero-order chi connectivity index (χ0) is 13.3. The van der Waals surface area contributed by atoms with Crippen molar-refractivity contribution in [3.05, 3.63) is 50.5 Å². The quantitative estimate of drug-likeness (QED) is 0.750. The van der Waals surface area contributed by atoms with Gasteiger partial charge in [-0.05, 0) is 56.5 Å². The highest BCUT2D eigenvalue weighted by molar-refractivity contribution is 9.11. The molecule has 1 N–H and O–H groups in total. The molecule has 94 valence electrons. The molecule has 0 unspecified atom stereocenters. The summed E-state index contributed by atoms with van der Waals surface area (Å²) in [4.78, 5) is 4.09. The lowest BCUT2D eigenvalue weighted by atomic mass is 10.2. The maximum absolute atomic E-state index is 13.6. The Morgan fingerprint density at radius 3 is 2.61 bits per heavy atom. The molecular weight excluding hydrogens is 370 g/mol. The van der Waals surface area contributed by atoms with Crippen LogP contribution >= 0.6 is 31.9 Å². The fourth-order valence-corrected chi connectivity index (χ4v) is 2.05. The van der Waals surface area contributed by atoms with E-state index in [4.69, 9.17) is 0 Å². The highest BCUT2D eigenvalue weighted by Crippen LogP contribution is 2.30. The van der Waals surface area contributed by atoms with Crippen LogP contribution in [0.15, 0.2) is 33.3 Å². The zero-order valence-electron chi connectivity index (χ0n) is 9.27. The first kappa shape index (κ1) is 13.4. The van der Waals surface area contributed by atoms with Crippen LogP contribution in [0.5, 0.6) is 0 Å². The van der Waals surface area contributed by atoms with Gasteiger partial charge in [0.25, 0.3) is 0 Å². The molecule has 0 radical (unpaired) electrons. The van der Waals surface area contributed by atoms with Crippen LogP contribution in [0.25, 0.3) is 0 Å². The normalized spacial score (nSPS) is 10.5. The minimum atomic E-state index is -0.675. The molecule has 0 saturated heterocycles. The summed E-state index contributed by atoms with van der Waals surface area (Å²) in [6, 6.07) is 3.98. The van der Waals surface area contributed by atoms with Crippen LogP contribution in [-0.4, -0.2) is 4.98 Å². The number of aromatic nitrogens is 1. The number of pyridine rings is 1. The van der Waals surface area contributed by atoms with E-state index < -0.39 is 11.6 Å². The van der Waals surface area contributed by atoms with E-state index in [-0.39, 0.29) is 10.2 Å². The number of aryl methyl sites for hydroxylation is 1. The molecule has 1 heterocycles. The van der Waals surface area contributed by atoms with Gasteiger partial charge >= 0.3 is 0 Å². The first-order chi connectivity index (χ1) is 8.49. The lowest BCUT2D eigenvalue weighted by Gasteiger charge is -2.10. The summed E-state index contributed by atoms with van der Waals surface area (Å²) in [5.74, 6) is -0.840. The summed E-state index contributed by atoms with van der Waals surface area (Å²) in [7, 11) is 0. The minimum Gasteiger partial charge on any atom is -0.337 e. The highest BCUT2D eigenvalue weighted by Gasteiger charge is 2.11. The first-order valence-electron chi connectivity index (χ1n) is 5.01. The summed E-state index contributed by atoms with van der Waals surface area (Å²) < 4.78 is 27.6. The third-order valence-electron chi connectivity index (χ3n) is 2.35. The number of anilines is 2. The fraction of sp³-hybridized carbons (Fsp3) is 0.0833. The van der Waals surface area contributed by atoms with Gasteiger partial charge in [-0.1, -0.05) is 0 Å². The van der Waals surface area contributed by atoms with E-state index >= 15 is 0 Å². The maximum atomic E-state index is 13.6. The predicted molar refractivity (Wildman–Crippen MR) is 74.0 cm³/mol. The standard InChI is InChI=1S/C12H8Br2F2N2/c1-6-2-3-17-12(11(6)14)18-10-4-7(13)8(15)5-9(10)16/h2-5H,1H3,(H,17,18). The smallest absolute Gasteiger partial charge is 0.149 e. The molecule has 0 spiro atoms. The van der Waals surface area contributed by atoms with Crippen LogP contribution in [-0.2, 0) is 0 Å². The molecule has 0 atom stereocenters. The Balaban J connectivity index is 2.40. The van der Waals surface area contributed by atoms with E-state index in [9.17, 15) is 8.78 Å². The van der Waals surface area contributed by atoms with Gasteiger partial charge in [-0.2, -0.15) is 0 Å². The van der Waals surface area contributed by atoms with Crippen LogP contribution in [0.2, 0.25) is 0 Å². The van der Waals surface area contributed by atoms with Crippen molar-refractivity contribution >= 4 is 43.4 Å². The Morgan fingerprint density at radius 1 is 1.17 bits per heavy atom. The van der Waals surface area contributed by atoms with Crippen molar-refractivity contribution < 1.29 is 8.78 Å². The summed E-state index contributed by atoms with van der Waals surface area (Å²) >= 11 is 6.37. The van der Waals surface area contributed by atoms with Gasteiger partial charge in [0.2, 0.25) is 0 Å². The molecule has 1 aromatic carbocycles. The molecule has 0 bridgehead atoms. The van der Waals surface area contributed by atoms with E-state index in [0.717, 1.165) is 16.1 Å². The van der Waals surface area contributed by atoms with Crippen molar-refractivity contribution in [1.29, 1.82) is 0 Å². The van der Waals surface area contributed by atoms with Gasteiger partial charge in [-0.15, -0.1) is 0 Å². The van der Waals surface area contributed by atoms with Crippen molar-refractivity contribution in [2.75, 3.05) is 5.32 Å². The number of hydrogen-bond acceptors (Lipinski definition) is 2. The second-order valence-corrected chi connectivity index (χ2v) is 5.31. The zero-order valence-corrected chi connectivity index (χ0v) is 12.4. The SMILES string of the molecule is Cc1ccnc(Nc2cc(Br)c(F)cc2F)c1Br. The number of nitrogens with one attached hydrogen (secondary N) is 1. The Morgan fingerprint density at radius 2 is 1.89 bits per heavy atom. The maximum Gasteiger partial charge on any atom is 0.149 e. The summed E-state index contributed by atoms with van der Waals surface area (Å²) in [6.45, 7) is 1.90. The van der Waals surface area contributed by atoms with E-state index in [1.807, 2.05) is 13.0 Å². The molecule has 2 nitrogen and oxygen atoms in total. The van der Waals surface area contributed by atoms with E-state index in [1.54, 1.807) is 6.20 Å². The average Bonchev–Trinajstić information content (AvgIpc) is 2.32. The third-order valence-corrected chi connectivity index (χ3v) is 3.95. The Hall–Kier alpha value is -1.01. The molecule has 0 aliphatic carbocycles. The molecule has 18 heavy (non-hydrogen) atoms. The van der Waals surface area contributed by atoms with Gasteiger partial charge in [0.1, 0.15) is 17.5 Å². The van der Waals surface area contributed by atoms with Gasteiger partial charge in [-0.25, -0.2) is 13.8 Å². The summed E-state index contributed by atoms with van der Waals surface area (Å²) in [5, 5.41) is 2.82. The summed E-state index contributed by atoms with van der Waals surface area (Å²) in [6.07, 6.45) is 1.61. The second kappa shape index (κ2) is 5.32. The number of halogens is 4. The van der Waals surface area contributed by atoms with Crippen molar-refractivity contribution in [3.8, 4) is 0 Å². The second-order valence-electron chi connectivity index (χ2n) is 3.66. The molecule has 0 amide bonds. The summed E-state index contributed by atoms with van der Waals surface area (Å²) in [5.41, 5.74) is 1.12. The molecular formula is C12H8Br2F2N2. The van der Waals surface area contributed by atoms with Crippen LogP contribution in [0.1, 0.15) is 5.56 Å². The highest BCUT2D eigenvalue weighted by atomic mass is 79.9. The Bertz CT molecular complexity index is 603. The molecule has 0 aliphatic heterocycles. The molecule has 0 aliphatic rings. The largest absolute Gasteiger partial charge is 0.337 e. The molecule has 2 aromatic rings. The van der Waals surface area contributed by atoms with Gasteiger partial charge in [0.15, 0.2) is 0 Å². The topological polar surface area (TPSA) is 24.9 Å². The average molecular weight is 378 g/mol. The molecule has 2 rings (SSSR count). The molecule has 0 fully saturated rings. The number of rotatable bonds is 2. The van der Waals surface area contributed by atoms with Crippen LogP contribution in [0.4, 0.5) is 20.3 Å². The van der Waals surface area contributed by atoms with Gasteiger partial charge in [-0.3, -0.25) is 0 Å². The monoisotopic (exact) mass is 376 g/mol. The van der Waals surface area contributed by atoms with Crippen molar-refractivity contribution in [2.45, 2.75) is 6.92 Å². The number of hydrogen-bond donors (Lipinski definition) is 1. The van der Waals surface area contributed by atoms with Crippen LogP contribution in [0.3, 0.4) is 0 Å². The first-order valence-corrected chi connectivity index (χ1v) is 6.60. The van der Waals surface area contributed by atoms with Crippen LogP contribution < -0.4 is 5.32 Å². The fourth-order valence-electron chi connectivity index (χ4n) is 1.37. The minimum absolute atomic E-state index is 0.155. The molecule has 0 saturated carbocycles. The Kier molecular flexibility index (Phi) is 3.97. The van der Waals surface area contributed by atoms with Gasteiger partial charge < -0.3 is 5.32 Å². The van der Waals surface area contributed by atoms with Crippen LogP contribution in [0, 0.1) is 18.6 Å². The lowest BCUT2D eigenvalue weighted by Crippen LogP contribution is -1.99. The van der Waals surface area contributed by atoms with E-state index in [2.05, 4.69) is 42.2 Å². The number of benzene rings is 1. The van der Waals surface area contributed by atoms with Crippen molar-refractivity contribution in [2.24, 2.45) is 0 Å². The number of nitrogens with zero attached hydrogens (tertiary/aromatic N) is 1. The molecule has 1 aromatic heterocycles.